The molecule has 1 aromatic carbocycles. The van der Waals surface area contributed by atoms with Gasteiger partial charge in [0.05, 0.1) is 6.61 Å². The Morgan fingerprint density at radius 1 is 1.41 bits per heavy atom. The van der Waals surface area contributed by atoms with E-state index in [0.717, 1.165) is 32.5 Å². The van der Waals surface area contributed by atoms with Gasteiger partial charge in [-0.25, -0.2) is 0 Å². The zero-order valence-electron chi connectivity index (χ0n) is 14.0. The van der Waals surface area contributed by atoms with Gasteiger partial charge in [0.15, 0.2) is 0 Å². The van der Waals surface area contributed by atoms with Crippen molar-refractivity contribution >= 4 is 5.91 Å². The number of piperidine rings is 1. The number of likely N-dealkylation sites (tertiary alicyclic amines) is 1. The third kappa shape index (κ3) is 5.11. The molecular weight excluding hydrogens is 276 g/mol. The summed E-state index contributed by atoms with van der Waals surface area (Å²) in [6, 6.07) is 8.75. The van der Waals surface area contributed by atoms with Crippen molar-refractivity contribution in [3.63, 3.8) is 0 Å². The van der Waals surface area contributed by atoms with Gasteiger partial charge in [0, 0.05) is 25.6 Å². The molecule has 1 heterocycles. The molecule has 1 unspecified atom stereocenters. The number of hydrogen-bond acceptors (Lipinski definition) is 3. The van der Waals surface area contributed by atoms with Crippen LogP contribution in [0.25, 0.3) is 0 Å². The third-order valence-corrected chi connectivity index (χ3v) is 4.25. The van der Waals surface area contributed by atoms with Crippen molar-refractivity contribution in [2.24, 2.45) is 5.92 Å². The number of nitrogens with zero attached hydrogens (tertiary/aromatic N) is 1. The highest BCUT2D eigenvalue weighted by Gasteiger charge is 2.25. The number of carbonyl (C=O) groups is 1. The molecule has 4 nitrogen and oxygen atoms in total. The SMILES string of the molecule is COCC(C)NC(=O)C1CCN(Cc2cccc(C)c2)CC1. The second kappa shape index (κ2) is 8.30. The van der Waals surface area contributed by atoms with E-state index >= 15 is 0 Å². The first-order chi connectivity index (χ1) is 10.6. The first-order valence-corrected chi connectivity index (χ1v) is 8.15. The van der Waals surface area contributed by atoms with Crippen LogP contribution in [0.3, 0.4) is 0 Å². The topological polar surface area (TPSA) is 41.6 Å². The second-order valence-electron chi connectivity index (χ2n) is 6.40. The fourth-order valence-electron chi connectivity index (χ4n) is 3.07. The summed E-state index contributed by atoms with van der Waals surface area (Å²) in [7, 11) is 1.66. The Balaban J connectivity index is 1.76. The lowest BCUT2D eigenvalue weighted by molar-refractivity contribution is -0.127. The molecule has 1 aliphatic rings. The predicted molar refractivity (Wildman–Crippen MR) is 88.7 cm³/mol. The average Bonchev–Trinajstić information content (AvgIpc) is 2.48. The molecule has 1 atom stereocenters. The summed E-state index contributed by atoms with van der Waals surface area (Å²) in [6.45, 7) is 7.64. The zero-order valence-corrected chi connectivity index (χ0v) is 14.0. The summed E-state index contributed by atoms with van der Waals surface area (Å²) in [5.41, 5.74) is 2.66. The molecule has 1 aromatic rings. The average molecular weight is 304 g/mol. The van der Waals surface area contributed by atoms with Crippen molar-refractivity contribution in [3.8, 4) is 0 Å². The van der Waals surface area contributed by atoms with Gasteiger partial charge in [0.25, 0.3) is 0 Å². The van der Waals surface area contributed by atoms with E-state index in [-0.39, 0.29) is 17.9 Å². The maximum absolute atomic E-state index is 12.2. The van der Waals surface area contributed by atoms with Crippen molar-refractivity contribution in [2.75, 3.05) is 26.8 Å². The standard InChI is InChI=1S/C18H28N2O2/c1-14-5-4-6-16(11-14)12-20-9-7-17(8-10-20)18(21)19-15(2)13-22-3/h4-6,11,15,17H,7-10,12-13H2,1-3H3,(H,19,21). The van der Waals surface area contributed by atoms with Crippen LogP contribution in [0.2, 0.25) is 0 Å². The van der Waals surface area contributed by atoms with Crippen LogP contribution in [-0.2, 0) is 16.1 Å². The van der Waals surface area contributed by atoms with Gasteiger partial charge in [0.2, 0.25) is 5.91 Å². The Labute approximate surface area is 133 Å². The van der Waals surface area contributed by atoms with E-state index in [1.165, 1.54) is 11.1 Å². The monoisotopic (exact) mass is 304 g/mol. The highest BCUT2D eigenvalue weighted by Crippen LogP contribution is 2.19. The van der Waals surface area contributed by atoms with Crippen LogP contribution in [0.1, 0.15) is 30.9 Å². The number of hydrogen-bond donors (Lipinski definition) is 1. The maximum atomic E-state index is 12.2. The molecule has 22 heavy (non-hydrogen) atoms. The summed E-state index contributed by atoms with van der Waals surface area (Å²) in [5.74, 6) is 0.327. The van der Waals surface area contributed by atoms with Gasteiger partial charge in [-0.05, 0) is 45.3 Å². The number of benzene rings is 1. The Morgan fingerprint density at radius 3 is 2.77 bits per heavy atom. The van der Waals surface area contributed by atoms with E-state index in [1.54, 1.807) is 7.11 Å². The Hall–Kier alpha value is -1.39. The molecular formula is C18H28N2O2. The fraction of sp³-hybridized carbons (Fsp3) is 0.611. The van der Waals surface area contributed by atoms with E-state index in [9.17, 15) is 4.79 Å². The van der Waals surface area contributed by atoms with Gasteiger partial charge >= 0.3 is 0 Å². The molecule has 0 saturated carbocycles. The van der Waals surface area contributed by atoms with E-state index in [1.807, 2.05) is 6.92 Å². The van der Waals surface area contributed by atoms with E-state index in [0.29, 0.717) is 6.61 Å². The first kappa shape index (κ1) is 17.0. The quantitative estimate of drug-likeness (QED) is 0.877. The zero-order chi connectivity index (χ0) is 15.9. The van der Waals surface area contributed by atoms with Crippen LogP contribution in [0.4, 0.5) is 0 Å². The minimum absolute atomic E-state index is 0.0859. The van der Waals surface area contributed by atoms with Crippen LogP contribution in [0.15, 0.2) is 24.3 Å². The molecule has 0 aromatic heterocycles. The van der Waals surface area contributed by atoms with Crippen LogP contribution in [0.5, 0.6) is 0 Å². The number of nitrogens with one attached hydrogen (secondary N) is 1. The largest absolute Gasteiger partial charge is 0.383 e. The molecule has 0 spiro atoms. The molecule has 4 heteroatoms. The van der Waals surface area contributed by atoms with E-state index in [4.69, 9.17) is 4.74 Å². The van der Waals surface area contributed by atoms with E-state index < -0.39 is 0 Å². The molecule has 1 N–H and O–H groups in total. The molecule has 1 amide bonds. The number of methoxy groups -OCH3 is 1. The minimum atomic E-state index is 0.0859. The van der Waals surface area contributed by atoms with Gasteiger partial charge < -0.3 is 10.1 Å². The summed E-state index contributed by atoms with van der Waals surface area (Å²) >= 11 is 0. The summed E-state index contributed by atoms with van der Waals surface area (Å²) in [6.07, 6.45) is 1.88. The minimum Gasteiger partial charge on any atom is -0.383 e. The number of amides is 1. The Kier molecular flexibility index (Phi) is 6.40. The first-order valence-electron chi connectivity index (χ1n) is 8.15. The molecule has 1 fully saturated rings. The van der Waals surface area contributed by atoms with Crippen LogP contribution < -0.4 is 5.32 Å². The molecule has 1 saturated heterocycles. The lowest BCUT2D eigenvalue weighted by Gasteiger charge is -2.31. The van der Waals surface area contributed by atoms with Gasteiger partial charge in [0.1, 0.15) is 0 Å². The van der Waals surface area contributed by atoms with Crippen molar-refractivity contribution in [2.45, 2.75) is 39.3 Å². The normalized spacial score (nSPS) is 18.1. The number of ether oxygens (including phenoxy) is 1. The fourth-order valence-corrected chi connectivity index (χ4v) is 3.07. The van der Waals surface area contributed by atoms with Gasteiger partial charge in [-0.3, -0.25) is 9.69 Å². The van der Waals surface area contributed by atoms with Crippen molar-refractivity contribution in [1.82, 2.24) is 10.2 Å². The highest BCUT2D eigenvalue weighted by molar-refractivity contribution is 5.79. The molecule has 1 aliphatic heterocycles. The van der Waals surface area contributed by atoms with E-state index in [2.05, 4.69) is 41.4 Å². The van der Waals surface area contributed by atoms with Crippen LogP contribution in [0, 0.1) is 12.8 Å². The van der Waals surface area contributed by atoms with Crippen LogP contribution in [-0.4, -0.2) is 43.7 Å². The van der Waals surface area contributed by atoms with Gasteiger partial charge in [-0.1, -0.05) is 29.8 Å². The lowest BCUT2D eigenvalue weighted by Crippen LogP contribution is -2.44. The summed E-state index contributed by atoms with van der Waals surface area (Å²) < 4.78 is 5.06. The highest BCUT2D eigenvalue weighted by atomic mass is 16.5. The Morgan fingerprint density at radius 2 is 2.14 bits per heavy atom. The number of aryl methyl sites for hydroxylation is 1. The third-order valence-electron chi connectivity index (χ3n) is 4.25. The molecule has 122 valence electrons. The lowest BCUT2D eigenvalue weighted by atomic mass is 9.95. The maximum Gasteiger partial charge on any atom is 0.223 e. The van der Waals surface area contributed by atoms with Crippen molar-refractivity contribution in [1.29, 1.82) is 0 Å². The summed E-state index contributed by atoms with van der Waals surface area (Å²) in [4.78, 5) is 14.6. The van der Waals surface area contributed by atoms with Crippen molar-refractivity contribution < 1.29 is 9.53 Å². The molecule has 0 aliphatic carbocycles. The molecule has 0 radical (unpaired) electrons. The predicted octanol–water partition coefficient (Wildman–Crippen LogP) is 2.36. The van der Waals surface area contributed by atoms with Gasteiger partial charge in [-0.15, -0.1) is 0 Å². The molecule has 0 bridgehead atoms. The van der Waals surface area contributed by atoms with Crippen molar-refractivity contribution in [3.05, 3.63) is 35.4 Å². The smallest absolute Gasteiger partial charge is 0.223 e. The Bertz CT molecular complexity index is 482. The number of rotatable bonds is 6. The van der Waals surface area contributed by atoms with Crippen LogP contribution >= 0.6 is 0 Å². The second-order valence-corrected chi connectivity index (χ2v) is 6.40. The summed E-state index contributed by atoms with van der Waals surface area (Å²) in [5, 5.41) is 3.04. The number of carbonyl (C=O) groups excluding carboxylic acids is 1. The molecule has 2 rings (SSSR count). The van der Waals surface area contributed by atoms with Gasteiger partial charge in [-0.2, -0.15) is 0 Å².